The second-order valence-electron chi connectivity index (χ2n) is 8.45. The van der Waals surface area contributed by atoms with Crippen molar-refractivity contribution >= 4 is 17.1 Å². The first-order valence-electron chi connectivity index (χ1n) is 11.9. The number of hydrogen-bond acceptors (Lipinski definition) is 6. The largest absolute Gasteiger partial charge is 0.490 e. The third kappa shape index (κ3) is 5.37. The van der Waals surface area contributed by atoms with Crippen molar-refractivity contribution in [3.8, 4) is 17.4 Å². The van der Waals surface area contributed by atoms with Gasteiger partial charge in [0.1, 0.15) is 5.52 Å². The topological polar surface area (TPSA) is 89.7 Å². The summed E-state index contributed by atoms with van der Waals surface area (Å²) in [6.45, 7) is 4.17. The highest BCUT2D eigenvalue weighted by molar-refractivity contribution is 5.74. The first-order chi connectivity index (χ1) is 17.2. The lowest BCUT2D eigenvalue weighted by atomic mass is 9.98. The lowest BCUT2D eigenvalue weighted by molar-refractivity contribution is 0.174. The van der Waals surface area contributed by atoms with E-state index in [2.05, 4.69) is 15.3 Å². The number of nitrogens with zero attached hydrogens (tertiary/aromatic N) is 3. The molecule has 1 saturated heterocycles. The Bertz CT molecular complexity index is 1250. The van der Waals surface area contributed by atoms with Gasteiger partial charge in [-0.05, 0) is 49.6 Å². The lowest BCUT2D eigenvalue weighted by Crippen LogP contribution is -2.44. The Morgan fingerprint density at radius 2 is 1.94 bits per heavy atom. The van der Waals surface area contributed by atoms with E-state index in [1.165, 1.54) is 0 Å². The monoisotopic (exact) mass is 472 g/mol. The molecule has 0 radical (unpaired) electrons. The van der Waals surface area contributed by atoms with Gasteiger partial charge >= 0.3 is 6.03 Å². The standard InChI is InChI=1S/C27H28N4O4/c1-2-33-23-11-5-6-12-24(23)34-25-14-13-19(16-28-25)17-29-27(32)31-15-7-8-20(18-31)26-30-21-9-3-4-10-22(21)35-26/h3-6,9-14,16,20H,2,7-8,15,17-18H2,1H3,(H,29,32). The van der Waals surface area contributed by atoms with E-state index in [9.17, 15) is 4.79 Å². The molecule has 1 atom stereocenters. The fourth-order valence-electron chi connectivity index (χ4n) is 4.22. The Kier molecular flexibility index (Phi) is 6.79. The molecule has 0 spiro atoms. The summed E-state index contributed by atoms with van der Waals surface area (Å²) in [5, 5.41) is 3.00. The fraction of sp³-hybridized carbons (Fsp3) is 0.296. The van der Waals surface area contributed by atoms with E-state index >= 15 is 0 Å². The van der Waals surface area contributed by atoms with Gasteiger partial charge in [-0.15, -0.1) is 0 Å². The summed E-state index contributed by atoms with van der Waals surface area (Å²) in [6, 6.07) is 18.8. The van der Waals surface area contributed by atoms with Gasteiger partial charge in [-0.1, -0.05) is 30.3 Å². The number of hydrogen-bond donors (Lipinski definition) is 1. The molecule has 1 aliphatic heterocycles. The first kappa shape index (κ1) is 22.7. The number of aromatic nitrogens is 2. The Morgan fingerprint density at radius 3 is 2.74 bits per heavy atom. The quantitative estimate of drug-likeness (QED) is 0.382. The van der Waals surface area contributed by atoms with E-state index in [0.29, 0.717) is 49.5 Å². The maximum atomic E-state index is 12.8. The average molecular weight is 473 g/mol. The van der Waals surface area contributed by atoms with Gasteiger partial charge in [0.2, 0.25) is 5.88 Å². The number of ether oxygens (including phenoxy) is 2. The van der Waals surface area contributed by atoms with E-state index in [1.807, 2.05) is 66.4 Å². The number of urea groups is 1. The molecule has 1 N–H and O–H groups in total. The van der Waals surface area contributed by atoms with Crippen LogP contribution in [0.4, 0.5) is 4.79 Å². The molecule has 8 nitrogen and oxygen atoms in total. The number of amides is 2. The number of oxazole rings is 1. The van der Waals surface area contributed by atoms with Gasteiger partial charge in [0.15, 0.2) is 23.0 Å². The van der Waals surface area contributed by atoms with Gasteiger partial charge in [-0.25, -0.2) is 14.8 Å². The van der Waals surface area contributed by atoms with Crippen molar-refractivity contribution in [2.24, 2.45) is 0 Å². The van der Waals surface area contributed by atoms with E-state index in [0.717, 1.165) is 29.5 Å². The van der Waals surface area contributed by atoms with Crippen LogP contribution in [0.2, 0.25) is 0 Å². The molecular formula is C27H28N4O4. The number of fused-ring (bicyclic) bond motifs is 1. The fourth-order valence-corrected chi connectivity index (χ4v) is 4.22. The minimum Gasteiger partial charge on any atom is -0.490 e. The summed E-state index contributed by atoms with van der Waals surface area (Å²) in [4.78, 5) is 23.7. The molecule has 3 heterocycles. The van der Waals surface area contributed by atoms with Gasteiger partial charge in [0.25, 0.3) is 0 Å². The zero-order valence-electron chi connectivity index (χ0n) is 19.6. The number of para-hydroxylation sites is 4. The summed E-state index contributed by atoms with van der Waals surface area (Å²) in [6.07, 6.45) is 3.57. The van der Waals surface area contributed by atoms with Gasteiger partial charge in [0, 0.05) is 31.9 Å². The molecule has 8 heteroatoms. The minimum atomic E-state index is -0.100. The van der Waals surface area contributed by atoms with E-state index < -0.39 is 0 Å². The van der Waals surface area contributed by atoms with Gasteiger partial charge in [-0.3, -0.25) is 0 Å². The van der Waals surface area contributed by atoms with E-state index in [1.54, 1.807) is 12.3 Å². The Balaban J connectivity index is 1.15. The molecule has 1 aliphatic rings. The van der Waals surface area contributed by atoms with Crippen molar-refractivity contribution in [2.45, 2.75) is 32.2 Å². The van der Waals surface area contributed by atoms with Gasteiger partial charge < -0.3 is 24.1 Å². The van der Waals surface area contributed by atoms with Gasteiger partial charge in [-0.2, -0.15) is 0 Å². The minimum absolute atomic E-state index is 0.0968. The van der Waals surface area contributed by atoms with Crippen LogP contribution >= 0.6 is 0 Å². The number of pyridine rings is 1. The predicted octanol–water partition coefficient (Wildman–Crippen LogP) is 5.50. The average Bonchev–Trinajstić information content (AvgIpc) is 3.34. The molecule has 0 aliphatic carbocycles. The molecule has 0 saturated carbocycles. The first-order valence-corrected chi connectivity index (χ1v) is 11.9. The highest BCUT2D eigenvalue weighted by Gasteiger charge is 2.28. The number of rotatable bonds is 7. The molecule has 1 unspecified atom stereocenters. The predicted molar refractivity (Wildman–Crippen MR) is 132 cm³/mol. The molecule has 2 aromatic heterocycles. The smallest absolute Gasteiger partial charge is 0.317 e. The van der Waals surface area contributed by atoms with Crippen molar-refractivity contribution in [1.82, 2.24) is 20.2 Å². The van der Waals surface area contributed by atoms with Crippen LogP contribution in [-0.2, 0) is 6.54 Å². The Hall–Kier alpha value is -4.07. The summed E-state index contributed by atoms with van der Waals surface area (Å²) >= 11 is 0. The third-order valence-electron chi connectivity index (χ3n) is 5.97. The van der Waals surface area contributed by atoms with Crippen LogP contribution in [0, 0.1) is 0 Å². The number of likely N-dealkylation sites (tertiary alicyclic amines) is 1. The Labute approximate surface area is 203 Å². The number of carbonyl (C=O) groups excluding carboxylic acids is 1. The van der Waals surface area contributed by atoms with E-state index in [4.69, 9.17) is 13.9 Å². The highest BCUT2D eigenvalue weighted by atomic mass is 16.5. The van der Waals surface area contributed by atoms with Crippen LogP contribution in [0.15, 0.2) is 71.3 Å². The second kappa shape index (κ2) is 10.5. The second-order valence-corrected chi connectivity index (χ2v) is 8.45. The molecule has 180 valence electrons. The summed E-state index contributed by atoms with van der Waals surface area (Å²) in [5.41, 5.74) is 2.52. The zero-order valence-corrected chi connectivity index (χ0v) is 19.6. The molecule has 1 fully saturated rings. The Morgan fingerprint density at radius 1 is 1.11 bits per heavy atom. The van der Waals surface area contributed by atoms with Crippen LogP contribution < -0.4 is 14.8 Å². The number of benzene rings is 2. The maximum absolute atomic E-state index is 12.8. The van der Waals surface area contributed by atoms with Crippen molar-refractivity contribution in [2.75, 3.05) is 19.7 Å². The lowest BCUT2D eigenvalue weighted by Gasteiger charge is -2.31. The molecule has 35 heavy (non-hydrogen) atoms. The van der Waals surface area contributed by atoms with Crippen LogP contribution in [0.5, 0.6) is 17.4 Å². The summed E-state index contributed by atoms with van der Waals surface area (Å²) in [7, 11) is 0. The molecule has 4 aromatic rings. The van der Waals surface area contributed by atoms with Crippen LogP contribution in [0.1, 0.15) is 37.1 Å². The van der Waals surface area contributed by atoms with Crippen LogP contribution in [0.25, 0.3) is 11.1 Å². The van der Waals surface area contributed by atoms with Gasteiger partial charge in [0.05, 0.1) is 12.5 Å². The van der Waals surface area contributed by atoms with Crippen molar-refractivity contribution in [1.29, 1.82) is 0 Å². The molecule has 2 amide bonds. The molecule has 5 rings (SSSR count). The van der Waals surface area contributed by atoms with Crippen molar-refractivity contribution in [3.63, 3.8) is 0 Å². The number of nitrogens with one attached hydrogen (secondary N) is 1. The van der Waals surface area contributed by atoms with Crippen LogP contribution in [-0.4, -0.2) is 40.6 Å². The number of carbonyl (C=O) groups is 1. The maximum Gasteiger partial charge on any atom is 0.317 e. The SMILES string of the molecule is CCOc1ccccc1Oc1ccc(CNC(=O)N2CCCC(c3nc4ccccc4o3)C2)cn1. The molecule has 2 aromatic carbocycles. The van der Waals surface area contributed by atoms with Crippen molar-refractivity contribution < 1.29 is 18.7 Å². The molecule has 0 bridgehead atoms. The van der Waals surface area contributed by atoms with Crippen molar-refractivity contribution in [3.05, 3.63) is 78.3 Å². The number of piperidine rings is 1. The highest BCUT2D eigenvalue weighted by Crippen LogP contribution is 2.31. The van der Waals surface area contributed by atoms with E-state index in [-0.39, 0.29) is 11.9 Å². The summed E-state index contributed by atoms with van der Waals surface area (Å²) < 4.78 is 17.4. The normalized spacial score (nSPS) is 15.7. The van der Waals surface area contributed by atoms with Crippen LogP contribution in [0.3, 0.4) is 0 Å². The summed E-state index contributed by atoms with van der Waals surface area (Å²) in [5.74, 6) is 2.55. The zero-order chi connectivity index (χ0) is 24.0. The molecular weight excluding hydrogens is 444 g/mol. The third-order valence-corrected chi connectivity index (χ3v) is 5.97.